The molecule has 3 aromatic carbocycles. The van der Waals surface area contributed by atoms with E-state index in [9.17, 15) is 4.79 Å². The molecule has 0 spiro atoms. The number of benzene rings is 3. The highest BCUT2D eigenvalue weighted by Crippen LogP contribution is 2.34. The van der Waals surface area contributed by atoms with E-state index >= 15 is 0 Å². The third-order valence-corrected chi connectivity index (χ3v) is 8.96. The van der Waals surface area contributed by atoms with Gasteiger partial charge in [-0.25, -0.2) is 0 Å². The van der Waals surface area contributed by atoms with E-state index in [1.165, 1.54) is 27.5 Å². The Balaban J connectivity index is 1.32. The van der Waals surface area contributed by atoms with Crippen molar-refractivity contribution in [2.75, 3.05) is 6.54 Å². The summed E-state index contributed by atoms with van der Waals surface area (Å²) in [7, 11) is 0. The van der Waals surface area contributed by atoms with E-state index < -0.39 is 0 Å². The van der Waals surface area contributed by atoms with Crippen LogP contribution in [0.4, 0.5) is 0 Å². The number of aromatic amines is 2. The van der Waals surface area contributed by atoms with Gasteiger partial charge in [-0.2, -0.15) is 0 Å². The van der Waals surface area contributed by atoms with Gasteiger partial charge in [-0.05, 0) is 73.1 Å². The molecule has 1 saturated heterocycles. The number of likely N-dealkylation sites (tertiary alicyclic amines) is 1. The number of H-pyrrole nitrogens is 2. The summed E-state index contributed by atoms with van der Waals surface area (Å²) >= 11 is 0. The minimum atomic E-state index is -0.104. The molecule has 1 radical (unpaired) electrons. The summed E-state index contributed by atoms with van der Waals surface area (Å²) in [6.07, 6.45) is 11.2. The molecule has 217 valence electrons. The zero-order chi connectivity index (χ0) is 29.2. The van der Waals surface area contributed by atoms with Crippen molar-refractivity contribution in [3.63, 3.8) is 0 Å². The Hall–Kier alpha value is -4.69. The number of rotatable bonds is 11. The molecular formula is C35H36N7O. The van der Waals surface area contributed by atoms with Crippen LogP contribution < -0.4 is 5.32 Å². The van der Waals surface area contributed by atoms with E-state index in [0.717, 1.165) is 73.4 Å². The molecule has 1 aliphatic heterocycles. The average molecular weight is 571 g/mol. The number of para-hydroxylation sites is 2. The molecule has 4 heterocycles. The molecule has 43 heavy (non-hydrogen) atoms. The summed E-state index contributed by atoms with van der Waals surface area (Å²) in [5.74, 6) is 1.82. The van der Waals surface area contributed by atoms with Crippen LogP contribution in [0.2, 0.25) is 0 Å². The van der Waals surface area contributed by atoms with Crippen molar-refractivity contribution in [2.45, 2.75) is 57.7 Å². The number of nitrogens with one attached hydrogen (secondary N) is 3. The average Bonchev–Trinajstić information content (AvgIpc) is 3.85. The van der Waals surface area contributed by atoms with Crippen LogP contribution in [0.3, 0.4) is 0 Å². The van der Waals surface area contributed by atoms with Gasteiger partial charge in [-0.15, -0.1) is 10.2 Å². The lowest BCUT2D eigenvalue weighted by Crippen LogP contribution is -2.44. The molecule has 1 amide bonds. The molecular weight excluding hydrogens is 534 g/mol. The number of amides is 1. The fourth-order valence-electron chi connectivity index (χ4n) is 6.71. The maximum absolute atomic E-state index is 11.5. The van der Waals surface area contributed by atoms with E-state index in [2.05, 4.69) is 117 Å². The predicted octanol–water partition coefficient (Wildman–Crippen LogP) is 5.94. The number of aryl methyl sites for hydroxylation is 3. The molecule has 0 unspecified atom stereocenters. The minimum Gasteiger partial charge on any atom is -0.361 e. The first kappa shape index (κ1) is 27.2. The first-order chi connectivity index (χ1) is 21.2. The van der Waals surface area contributed by atoms with Crippen molar-refractivity contribution in [1.29, 1.82) is 0 Å². The van der Waals surface area contributed by atoms with Crippen LogP contribution in [0.1, 0.15) is 54.1 Å². The Morgan fingerprint density at radius 1 is 0.907 bits per heavy atom. The largest absolute Gasteiger partial charge is 0.361 e. The standard InChI is InChI=1S/C35H36N7O/c1-2-24-13-16-27(17-14-24)42-34(18-15-25-21-36-30-10-5-3-8-28(25)30)39-40-35(42)32(41-19-7-12-33(41)38-23-43)20-26-22-37-31-11-6-4-9-29(26)31/h3-6,8-11,13-14,16-17,21-22,32-33,36-37H,2,7,12,15,18-20H2,1H3,(H,38,43)/t32-,33+/m1/s1. The second-order valence-electron chi connectivity index (χ2n) is 11.4. The summed E-state index contributed by atoms with van der Waals surface area (Å²) in [4.78, 5) is 20.7. The molecule has 1 aliphatic rings. The van der Waals surface area contributed by atoms with Gasteiger partial charge < -0.3 is 15.3 Å². The number of carbonyl (C=O) groups excluding carboxylic acids is 1. The van der Waals surface area contributed by atoms with Crippen LogP contribution in [-0.2, 0) is 30.5 Å². The third-order valence-electron chi connectivity index (χ3n) is 8.96. The van der Waals surface area contributed by atoms with Crippen LogP contribution in [-0.4, -0.2) is 48.8 Å². The highest BCUT2D eigenvalue weighted by Gasteiger charge is 2.36. The van der Waals surface area contributed by atoms with E-state index in [-0.39, 0.29) is 12.2 Å². The Morgan fingerprint density at radius 2 is 1.60 bits per heavy atom. The molecule has 0 bridgehead atoms. The normalized spacial score (nSPS) is 16.3. The second kappa shape index (κ2) is 11.9. The van der Waals surface area contributed by atoms with E-state index in [1.54, 1.807) is 0 Å². The van der Waals surface area contributed by atoms with E-state index in [0.29, 0.717) is 0 Å². The van der Waals surface area contributed by atoms with Gasteiger partial charge in [0, 0.05) is 52.9 Å². The fraction of sp³-hybridized carbons (Fsp3) is 0.286. The Morgan fingerprint density at radius 3 is 2.33 bits per heavy atom. The van der Waals surface area contributed by atoms with Gasteiger partial charge in [0.2, 0.25) is 0 Å². The molecule has 1 fully saturated rings. The predicted molar refractivity (Wildman–Crippen MR) is 170 cm³/mol. The summed E-state index contributed by atoms with van der Waals surface area (Å²) in [6, 6.07) is 25.5. The summed E-state index contributed by atoms with van der Waals surface area (Å²) in [6.45, 7) is 3.03. The van der Waals surface area contributed by atoms with Gasteiger partial charge in [0.25, 0.3) is 0 Å². The van der Waals surface area contributed by atoms with Crippen LogP contribution in [0.15, 0.2) is 85.2 Å². The second-order valence-corrected chi connectivity index (χ2v) is 11.4. The lowest BCUT2D eigenvalue weighted by molar-refractivity contribution is 0.159. The van der Waals surface area contributed by atoms with Crippen molar-refractivity contribution in [3.8, 4) is 5.69 Å². The topological polar surface area (TPSA) is 94.6 Å². The van der Waals surface area contributed by atoms with Crippen LogP contribution >= 0.6 is 0 Å². The smallest absolute Gasteiger partial charge is 0.310 e. The van der Waals surface area contributed by atoms with Crippen LogP contribution in [0, 0.1) is 0 Å². The number of nitrogens with zero attached hydrogens (tertiary/aromatic N) is 4. The van der Waals surface area contributed by atoms with Crippen molar-refractivity contribution >= 4 is 28.2 Å². The first-order valence-electron chi connectivity index (χ1n) is 15.3. The van der Waals surface area contributed by atoms with Crippen molar-refractivity contribution in [1.82, 2.24) is 34.9 Å². The Labute approximate surface area is 251 Å². The number of aromatic nitrogens is 5. The quantitative estimate of drug-likeness (QED) is 0.168. The number of hydrogen-bond donors (Lipinski definition) is 3. The monoisotopic (exact) mass is 570 g/mol. The highest BCUT2D eigenvalue weighted by atomic mass is 16.1. The van der Waals surface area contributed by atoms with Gasteiger partial charge in [0.05, 0.1) is 12.2 Å². The first-order valence-corrected chi connectivity index (χ1v) is 15.3. The SMILES string of the molecule is CCc1ccc(-n2c(CCc3c[nH]c4ccccc34)nnc2[C@@H](Cc2c[nH]c3ccccc23)N2CCC[C@H]2N[C]=O)cc1. The van der Waals surface area contributed by atoms with Crippen LogP contribution in [0.5, 0.6) is 0 Å². The van der Waals surface area contributed by atoms with Gasteiger partial charge in [0.1, 0.15) is 5.82 Å². The molecule has 0 aliphatic carbocycles. The van der Waals surface area contributed by atoms with Crippen LogP contribution in [0.25, 0.3) is 27.5 Å². The summed E-state index contributed by atoms with van der Waals surface area (Å²) in [5, 5.41) is 15.2. The van der Waals surface area contributed by atoms with Gasteiger partial charge in [-0.1, -0.05) is 55.5 Å². The molecule has 2 atom stereocenters. The maximum atomic E-state index is 11.5. The van der Waals surface area contributed by atoms with Crippen molar-refractivity contribution in [2.24, 2.45) is 0 Å². The Bertz CT molecular complexity index is 1850. The maximum Gasteiger partial charge on any atom is 0.310 e. The molecule has 8 heteroatoms. The number of hydrogen-bond acceptors (Lipinski definition) is 4. The fourth-order valence-corrected chi connectivity index (χ4v) is 6.71. The summed E-state index contributed by atoms with van der Waals surface area (Å²) < 4.78 is 2.26. The zero-order valence-corrected chi connectivity index (χ0v) is 24.4. The van der Waals surface area contributed by atoms with E-state index in [1.807, 2.05) is 6.41 Å². The third kappa shape index (κ3) is 5.23. The molecule has 3 N–H and O–H groups in total. The van der Waals surface area contributed by atoms with Gasteiger partial charge >= 0.3 is 6.41 Å². The number of fused-ring (bicyclic) bond motifs is 2. The molecule has 7 rings (SSSR count). The molecule has 8 nitrogen and oxygen atoms in total. The molecule has 3 aromatic heterocycles. The molecule has 6 aromatic rings. The molecule has 0 saturated carbocycles. The van der Waals surface area contributed by atoms with Crippen molar-refractivity contribution < 1.29 is 4.79 Å². The Kier molecular flexibility index (Phi) is 7.51. The van der Waals surface area contributed by atoms with Gasteiger partial charge in [-0.3, -0.25) is 14.3 Å². The lowest BCUT2D eigenvalue weighted by atomic mass is 10.0. The summed E-state index contributed by atoms with van der Waals surface area (Å²) in [5.41, 5.74) is 7.10. The van der Waals surface area contributed by atoms with Crippen molar-refractivity contribution in [3.05, 3.63) is 114 Å². The van der Waals surface area contributed by atoms with E-state index in [4.69, 9.17) is 10.2 Å². The highest BCUT2D eigenvalue weighted by molar-refractivity contribution is 5.83. The minimum absolute atomic E-state index is 0.102. The lowest BCUT2D eigenvalue weighted by Gasteiger charge is -2.32. The zero-order valence-electron chi connectivity index (χ0n) is 24.4. The van der Waals surface area contributed by atoms with Gasteiger partial charge in [0.15, 0.2) is 5.82 Å².